The van der Waals surface area contributed by atoms with Crippen molar-refractivity contribution in [3.63, 3.8) is 0 Å². The van der Waals surface area contributed by atoms with Gasteiger partial charge in [-0.3, -0.25) is 4.79 Å². The fraction of sp³-hybridized carbons (Fsp3) is 0.889. The highest BCUT2D eigenvalue weighted by Crippen LogP contribution is 2.34. The highest BCUT2D eigenvalue weighted by Gasteiger charge is 2.56. The zero-order valence-electron chi connectivity index (χ0n) is 17.6. The summed E-state index contributed by atoms with van der Waals surface area (Å²) in [6.45, 7) is -0.413. The van der Waals surface area contributed by atoms with E-state index in [9.17, 15) is 40.2 Å². The standard InChI is InChI=1S/C18H31NO13/c1-7(21)19-13-9(23)4-18(17(27)28,32-16(13)15(26)10(24)5-20)30-6-11-14(25)8(22)3-12(29-2)31-11/h8-16,20,22-26H,3-6H2,1-2H3,(H,19,21)(H,27,28)/t8-,9+,10-,11-,12-,13-,14-,15-,16-,18-/m1/s1. The summed E-state index contributed by atoms with van der Waals surface area (Å²) in [6, 6.07) is -1.34. The maximum Gasteiger partial charge on any atom is 0.364 e. The molecule has 0 bridgehead atoms. The van der Waals surface area contributed by atoms with Crippen LogP contribution in [0.15, 0.2) is 0 Å². The van der Waals surface area contributed by atoms with Crippen molar-refractivity contribution in [1.29, 1.82) is 0 Å². The molecule has 32 heavy (non-hydrogen) atoms. The average molecular weight is 469 g/mol. The Labute approximate surface area is 183 Å². The molecule has 8 N–H and O–H groups in total. The van der Waals surface area contributed by atoms with Gasteiger partial charge in [0.15, 0.2) is 6.29 Å². The molecule has 0 aromatic carbocycles. The molecule has 0 radical (unpaired) electrons. The number of methoxy groups -OCH3 is 1. The second-order valence-electron chi connectivity index (χ2n) is 7.82. The number of aliphatic hydroxyl groups excluding tert-OH is 6. The summed E-state index contributed by atoms with van der Waals surface area (Å²) < 4.78 is 21.3. The van der Waals surface area contributed by atoms with Crippen LogP contribution in [0, 0.1) is 0 Å². The number of aliphatic carboxylic acids is 1. The lowest BCUT2D eigenvalue weighted by Gasteiger charge is -2.47. The van der Waals surface area contributed by atoms with Crippen molar-refractivity contribution in [3.05, 3.63) is 0 Å². The van der Waals surface area contributed by atoms with Crippen molar-refractivity contribution in [2.45, 2.75) is 80.6 Å². The molecule has 0 spiro atoms. The molecular formula is C18H31NO13. The Morgan fingerprint density at radius 2 is 1.88 bits per heavy atom. The molecule has 0 saturated carbocycles. The topological polar surface area (TPSA) is 225 Å². The van der Waals surface area contributed by atoms with Crippen LogP contribution in [-0.4, -0.2) is 129 Å². The summed E-state index contributed by atoms with van der Waals surface area (Å²) in [5.74, 6) is -4.92. The fourth-order valence-corrected chi connectivity index (χ4v) is 3.70. The number of nitrogens with one attached hydrogen (secondary N) is 1. The normalized spacial score (nSPS) is 39.8. The van der Waals surface area contributed by atoms with Gasteiger partial charge in [-0.05, 0) is 0 Å². The minimum atomic E-state index is -2.58. The molecular weight excluding hydrogens is 438 g/mol. The first-order valence-corrected chi connectivity index (χ1v) is 9.97. The molecule has 0 aromatic rings. The number of hydrogen-bond acceptors (Lipinski definition) is 12. The van der Waals surface area contributed by atoms with Gasteiger partial charge in [-0.1, -0.05) is 0 Å². The van der Waals surface area contributed by atoms with E-state index in [2.05, 4.69) is 5.32 Å². The fourth-order valence-electron chi connectivity index (χ4n) is 3.70. The SMILES string of the molecule is CO[C@H]1C[C@@H](O)[C@@H](O)[C@@H](CO[C@]2(C(=O)O)C[C@H](O)[C@@H](NC(C)=O)[C@H]([C@H](O)[C@H](O)CO)O2)O1. The second-order valence-corrected chi connectivity index (χ2v) is 7.82. The number of carbonyl (C=O) groups excluding carboxylic acids is 1. The van der Waals surface area contributed by atoms with Crippen molar-refractivity contribution in [1.82, 2.24) is 5.32 Å². The maximum atomic E-state index is 12.1. The van der Waals surface area contributed by atoms with Gasteiger partial charge in [0, 0.05) is 26.9 Å². The first-order valence-electron chi connectivity index (χ1n) is 9.97. The van der Waals surface area contributed by atoms with Crippen LogP contribution < -0.4 is 5.32 Å². The zero-order valence-corrected chi connectivity index (χ0v) is 17.6. The van der Waals surface area contributed by atoms with E-state index in [-0.39, 0.29) is 6.42 Å². The van der Waals surface area contributed by atoms with Gasteiger partial charge in [0.2, 0.25) is 5.91 Å². The molecule has 2 rings (SSSR count). The predicted molar refractivity (Wildman–Crippen MR) is 101 cm³/mol. The predicted octanol–water partition coefficient (Wildman–Crippen LogP) is -4.36. The van der Waals surface area contributed by atoms with Gasteiger partial charge in [0.25, 0.3) is 5.79 Å². The maximum absolute atomic E-state index is 12.1. The van der Waals surface area contributed by atoms with Crippen LogP contribution in [-0.2, 0) is 28.5 Å². The summed E-state index contributed by atoms with van der Waals surface area (Å²) in [7, 11) is 1.31. The van der Waals surface area contributed by atoms with E-state index in [1.165, 1.54) is 7.11 Å². The van der Waals surface area contributed by atoms with E-state index < -0.39 is 92.4 Å². The van der Waals surface area contributed by atoms with Crippen LogP contribution in [0.25, 0.3) is 0 Å². The molecule has 2 fully saturated rings. The van der Waals surface area contributed by atoms with Gasteiger partial charge in [-0.2, -0.15) is 0 Å². The third-order valence-corrected chi connectivity index (χ3v) is 5.47. The lowest BCUT2D eigenvalue weighted by molar-refractivity contribution is -0.327. The molecule has 14 nitrogen and oxygen atoms in total. The second kappa shape index (κ2) is 11.1. The molecule has 2 aliphatic rings. The Kier molecular flexibility index (Phi) is 9.30. The third kappa shape index (κ3) is 5.91. The summed E-state index contributed by atoms with van der Waals surface area (Å²) in [4.78, 5) is 23.6. The number of rotatable bonds is 9. The molecule has 2 heterocycles. The van der Waals surface area contributed by atoms with Crippen LogP contribution >= 0.6 is 0 Å². The van der Waals surface area contributed by atoms with Gasteiger partial charge < -0.3 is 60.0 Å². The highest BCUT2D eigenvalue weighted by molar-refractivity contribution is 5.76. The van der Waals surface area contributed by atoms with Crippen LogP contribution in [0.4, 0.5) is 0 Å². The molecule has 2 aliphatic heterocycles. The van der Waals surface area contributed by atoms with Gasteiger partial charge in [0.1, 0.15) is 30.5 Å². The molecule has 1 amide bonds. The number of ether oxygens (including phenoxy) is 4. The molecule has 186 valence electrons. The quantitative estimate of drug-likeness (QED) is 0.160. The number of carboxylic acid groups (broad SMARTS) is 1. The minimum Gasteiger partial charge on any atom is -0.477 e. The summed E-state index contributed by atoms with van der Waals surface area (Å²) in [6.07, 6.45) is -12.5. The van der Waals surface area contributed by atoms with Crippen LogP contribution in [0.1, 0.15) is 19.8 Å². The van der Waals surface area contributed by atoms with E-state index in [1.807, 2.05) is 0 Å². The third-order valence-electron chi connectivity index (χ3n) is 5.47. The largest absolute Gasteiger partial charge is 0.477 e. The van der Waals surface area contributed by atoms with Crippen molar-refractivity contribution >= 4 is 11.9 Å². The Morgan fingerprint density at radius 1 is 1.22 bits per heavy atom. The molecule has 0 aliphatic carbocycles. The Morgan fingerprint density at radius 3 is 2.41 bits per heavy atom. The number of aliphatic hydroxyl groups is 6. The first kappa shape index (κ1) is 26.8. The van der Waals surface area contributed by atoms with Crippen molar-refractivity contribution in [3.8, 4) is 0 Å². The molecule has 0 aromatic heterocycles. The summed E-state index contributed by atoms with van der Waals surface area (Å²) in [5, 5.41) is 72.1. The molecule has 0 unspecified atom stereocenters. The summed E-state index contributed by atoms with van der Waals surface area (Å²) >= 11 is 0. The van der Waals surface area contributed by atoms with Crippen LogP contribution in [0.3, 0.4) is 0 Å². The molecule has 14 heteroatoms. The molecule has 10 atom stereocenters. The van der Waals surface area contributed by atoms with Crippen LogP contribution in [0.5, 0.6) is 0 Å². The smallest absolute Gasteiger partial charge is 0.364 e. The van der Waals surface area contributed by atoms with Gasteiger partial charge in [0.05, 0.1) is 31.5 Å². The van der Waals surface area contributed by atoms with Crippen molar-refractivity contribution < 1.29 is 64.3 Å². The van der Waals surface area contributed by atoms with Crippen molar-refractivity contribution in [2.75, 3.05) is 20.3 Å². The van der Waals surface area contributed by atoms with E-state index in [0.717, 1.165) is 6.92 Å². The Balaban J connectivity index is 2.27. The van der Waals surface area contributed by atoms with E-state index in [1.54, 1.807) is 0 Å². The zero-order chi connectivity index (χ0) is 24.2. The number of hydrogen-bond donors (Lipinski definition) is 8. The number of amides is 1. The number of carboxylic acids is 1. The lowest BCUT2D eigenvalue weighted by Crippen LogP contribution is -2.68. The van der Waals surface area contributed by atoms with Crippen molar-refractivity contribution in [2.24, 2.45) is 0 Å². The molecule has 2 saturated heterocycles. The summed E-state index contributed by atoms with van der Waals surface area (Å²) in [5.41, 5.74) is 0. The van der Waals surface area contributed by atoms with Gasteiger partial charge >= 0.3 is 5.97 Å². The van der Waals surface area contributed by atoms with Crippen LogP contribution in [0.2, 0.25) is 0 Å². The van der Waals surface area contributed by atoms with E-state index in [4.69, 9.17) is 24.1 Å². The highest BCUT2D eigenvalue weighted by atomic mass is 16.7. The Bertz CT molecular complexity index is 650. The lowest BCUT2D eigenvalue weighted by atomic mass is 9.88. The number of carbonyl (C=O) groups is 2. The monoisotopic (exact) mass is 469 g/mol. The Hall–Kier alpha value is -1.46. The minimum absolute atomic E-state index is 0.0286. The van der Waals surface area contributed by atoms with Gasteiger partial charge in [-0.15, -0.1) is 0 Å². The van der Waals surface area contributed by atoms with E-state index >= 15 is 0 Å². The first-order chi connectivity index (χ1) is 15.0. The van der Waals surface area contributed by atoms with E-state index in [0.29, 0.717) is 0 Å². The van der Waals surface area contributed by atoms with Gasteiger partial charge in [-0.25, -0.2) is 4.79 Å². The average Bonchev–Trinajstić information content (AvgIpc) is 2.74.